The summed E-state index contributed by atoms with van der Waals surface area (Å²) in [6.07, 6.45) is 6.79. The monoisotopic (exact) mass is 234 g/mol. The van der Waals surface area contributed by atoms with Crippen molar-refractivity contribution < 1.29 is 4.79 Å². The number of carbonyl (C=O) groups excluding carboxylic acids is 1. The van der Waals surface area contributed by atoms with Gasteiger partial charge in [-0.05, 0) is 26.3 Å². The molecule has 0 aromatic carbocycles. The average Bonchev–Trinajstić information content (AvgIpc) is 2.42. The predicted octanol–water partition coefficient (Wildman–Crippen LogP) is 0.691. The first-order chi connectivity index (χ1) is 8.33. The van der Waals surface area contributed by atoms with E-state index in [9.17, 15) is 4.79 Å². The highest BCUT2D eigenvalue weighted by atomic mass is 16.2. The number of hydrogen-bond donors (Lipinski definition) is 1. The summed E-state index contributed by atoms with van der Waals surface area (Å²) in [4.78, 5) is 22.0. The number of hydrogen-bond acceptors (Lipinski definition) is 4. The predicted molar refractivity (Wildman–Crippen MR) is 64.6 cm³/mol. The Kier molecular flexibility index (Phi) is 4.03. The second-order valence-electron chi connectivity index (χ2n) is 4.22. The first-order valence-corrected chi connectivity index (χ1v) is 6.09. The highest BCUT2D eigenvalue weighted by Gasteiger charge is 2.24. The fraction of sp³-hybridized carbons (Fsp3) is 0.583. The Balaban J connectivity index is 2.09. The normalized spacial score (nSPS) is 19.9. The quantitative estimate of drug-likeness (QED) is 0.836. The van der Waals surface area contributed by atoms with E-state index in [1.54, 1.807) is 12.4 Å². The Labute approximate surface area is 101 Å². The maximum absolute atomic E-state index is 12.3. The summed E-state index contributed by atoms with van der Waals surface area (Å²) < 4.78 is 0. The van der Waals surface area contributed by atoms with E-state index >= 15 is 0 Å². The van der Waals surface area contributed by atoms with Crippen molar-refractivity contribution in [1.82, 2.24) is 20.2 Å². The molecule has 0 aliphatic carbocycles. The van der Waals surface area contributed by atoms with E-state index < -0.39 is 0 Å². The van der Waals surface area contributed by atoms with Crippen LogP contribution in [0.25, 0.3) is 0 Å². The van der Waals surface area contributed by atoms with Crippen LogP contribution in [-0.2, 0) is 0 Å². The van der Waals surface area contributed by atoms with Gasteiger partial charge < -0.3 is 10.2 Å². The van der Waals surface area contributed by atoms with E-state index in [0.717, 1.165) is 32.5 Å². The number of nitrogens with one attached hydrogen (secondary N) is 1. The van der Waals surface area contributed by atoms with E-state index in [0.29, 0.717) is 11.6 Å². The molecule has 0 radical (unpaired) electrons. The fourth-order valence-corrected chi connectivity index (χ4v) is 2.24. The maximum atomic E-state index is 12.3. The summed E-state index contributed by atoms with van der Waals surface area (Å²) in [7, 11) is 0. The van der Waals surface area contributed by atoms with Gasteiger partial charge in [-0.3, -0.25) is 4.79 Å². The van der Waals surface area contributed by atoms with Gasteiger partial charge in [0.05, 0.1) is 5.56 Å². The number of likely N-dealkylation sites (N-methyl/N-ethyl adjacent to an activating group) is 1. The molecule has 0 spiro atoms. The lowest BCUT2D eigenvalue weighted by Crippen LogP contribution is -2.48. The first kappa shape index (κ1) is 12.0. The number of carbonyl (C=O) groups is 1. The van der Waals surface area contributed by atoms with Gasteiger partial charge in [0.25, 0.3) is 5.91 Å². The Bertz CT molecular complexity index is 362. The molecule has 5 heteroatoms. The standard InChI is InChI=1S/C12H18N4O/c1-2-16(11-4-3-5-13-8-11)12(17)10-6-14-9-15-7-10/h6-7,9,11,13H,2-5,8H2,1H3. The van der Waals surface area contributed by atoms with Crippen LogP contribution >= 0.6 is 0 Å². The van der Waals surface area contributed by atoms with Crippen molar-refractivity contribution in [3.05, 3.63) is 24.3 Å². The van der Waals surface area contributed by atoms with Crippen molar-refractivity contribution in [2.75, 3.05) is 19.6 Å². The van der Waals surface area contributed by atoms with Crippen LogP contribution in [-0.4, -0.2) is 46.5 Å². The van der Waals surface area contributed by atoms with Crippen LogP contribution in [0.15, 0.2) is 18.7 Å². The summed E-state index contributed by atoms with van der Waals surface area (Å²) in [5.41, 5.74) is 0.569. The van der Waals surface area contributed by atoms with Crippen molar-refractivity contribution in [1.29, 1.82) is 0 Å². The van der Waals surface area contributed by atoms with Gasteiger partial charge >= 0.3 is 0 Å². The van der Waals surface area contributed by atoms with Crippen LogP contribution in [0.3, 0.4) is 0 Å². The molecule has 1 aliphatic rings. The van der Waals surface area contributed by atoms with Gasteiger partial charge in [-0.15, -0.1) is 0 Å². The third-order valence-corrected chi connectivity index (χ3v) is 3.12. The van der Waals surface area contributed by atoms with Crippen molar-refractivity contribution in [2.45, 2.75) is 25.8 Å². The van der Waals surface area contributed by atoms with Crippen molar-refractivity contribution >= 4 is 5.91 Å². The Morgan fingerprint density at radius 3 is 2.88 bits per heavy atom. The van der Waals surface area contributed by atoms with Gasteiger partial charge in [-0.1, -0.05) is 0 Å². The van der Waals surface area contributed by atoms with Gasteiger partial charge in [0, 0.05) is 31.5 Å². The highest BCUT2D eigenvalue weighted by Crippen LogP contribution is 2.13. The van der Waals surface area contributed by atoms with E-state index in [1.807, 2.05) is 11.8 Å². The molecule has 2 rings (SSSR count). The second kappa shape index (κ2) is 5.72. The summed E-state index contributed by atoms with van der Waals surface area (Å²) in [6, 6.07) is 0.293. The fourth-order valence-electron chi connectivity index (χ4n) is 2.24. The Morgan fingerprint density at radius 2 is 2.29 bits per heavy atom. The van der Waals surface area contributed by atoms with E-state index in [-0.39, 0.29) is 5.91 Å². The SMILES string of the molecule is CCN(C(=O)c1cncnc1)C1CCCNC1. The highest BCUT2D eigenvalue weighted by molar-refractivity contribution is 5.93. The van der Waals surface area contributed by atoms with Crippen molar-refractivity contribution in [2.24, 2.45) is 0 Å². The molecule has 1 amide bonds. The molecule has 1 unspecified atom stereocenters. The zero-order valence-electron chi connectivity index (χ0n) is 10.1. The van der Waals surface area contributed by atoms with Crippen LogP contribution in [0.4, 0.5) is 0 Å². The molecule has 1 saturated heterocycles. The second-order valence-corrected chi connectivity index (χ2v) is 4.22. The molecule has 0 bridgehead atoms. The Morgan fingerprint density at radius 1 is 1.53 bits per heavy atom. The van der Waals surface area contributed by atoms with E-state index in [2.05, 4.69) is 15.3 Å². The largest absolute Gasteiger partial charge is 0.335 e. The molecule has 1 aromatic rings. The van der Waals surface area contributed by atoms with E-state index in [1.165, 1.54) is 6.33 Å². The minimum absolute atomic E-state index is 0.0294. The molecule has 2 heterocycles. The summed E-state index contributed by atoms with van der Waals surface area (Å²) in [5, 5.41) is 3.33. The minimum Gasteiger partial charge on any atom is -0.335 e. The number of piperidine rings is 1. The van der Waals surface area contributed by atoms with Gasteiger partial charge in [0.15, 0.2) is 0 Å². The lowest BCUT2D eigenvalue weighted by atomic mass is 10.1. The number of rotatable bonds is 3. The average molecular weight is 234 g/mol. The lowest BCUT2D eigenvalue weighted by Gasteiger charge is -2.33. The minimum atomic E-state index is 0.0294. The van der Waals surface area contributed by atoms with Crippen LogP contribution in [0.2, 0.25) is 0 Å². The molecular weight excluding hydrogens is 216 g/mol. The van der Waals surface area contributed by atoms with Gasteiger partial charge in [0.2, 0.25) is 0 Å². The molecule has 5 nitrogen and oxygen atoms in total. The summed E-state index contributed by atoms with van der Waals surface area (Å²) >= 11 is 0. The number of nitrogens with zero attached hydrogens (tertiary/aromatic N) is 3. The van der Waals surface area contributed by atoms with Crippen LogP contribution < -0.4 is 5.32 Å². The molecule has 1 fully saturated rings. The zero-order valence-corrected chi connectivity index (χ0v) is 10.1. The molecular formula is C12H18N4O. The van der Waals surface area contributed by atoms with E-state index in [4.69, 9.17) is 0 Å². The molecule has 92 valence electrons. The number of amides is 1. The topological polar surface area (TPSA) is 58.1 Å². The molecule has 1 N–H and O–H groups in total. The van der Waals surface area contributed by atoms with Crippen molar-refractivity contribution in [3.8, 4) is 0 Å². The maximum Gasteiger partial charge on any atom is 0.257 e. The van der Waals surface area contributed by atoms with Crippen molar-refractivity contribution in [3.63, 3.8) is 0 Å². The summed E-state index contributed by atoms with van der Waals surface area (Å²) in [5.74, 6) is 0.0294. The van der Waals surface area contributed by atoms with Gasteiger partial charge in [0.1, 0.15) is 6.33 Å². The molecule has 1 aliphatic heterocycles. The Hall–Kier alpha value is -1.49. The smallest absolute Gasteiger partial charge is 0.257 e. The third kappa shape index (κ3) is 2.79. The molecule has 0 saturated carbocycles. The summed E-state index contributed by atoms with van der Waals surface area (Å²) in [6.45, 7) is 4.67. The third-order valence-electron chi connectivity index (χ3n) is 3.12. The molecule has 17 heavy (non-hydrogen) atoms. The zero-order chi connectivity index (χ0) is 12.1. The first-order valence-electron chi connectivity index (χ1n) is 6.09. The molecule has 1 aromatic heterocycles. The van der Waals surface area contributed by atoms with Crippen LogP contribution in [0, 0.1) is 0 Å². The number of aromatic nitrogens is 2. The van der Waals surface area contributed by atoms with Gasteiger partial charge in [-0.2, -0.15) is 0 Å². The van der Waals surface area contributed by atoms with Gasteiger partial charge in [-0.25, -0.2) is 9.97 Å². The van der Waals surface area contributed by atoms with Crippen LogP contribution in [0.1, 0.15) is 30.1 Å². The lowest BCUT2D eigenvalue weighted by molar-refractivity contribution is 0.0661. The van der Waals surface area contributed by atoms with Crippen LogP contribution in [0.5, 0.6) is 0 Å². The molecule has 1 atom stereocenters.